The highest BCUT2D eigenvalue weighted by atomic mass is 16.5. The second kappa shape index (κ2) is 8.04. The third-order valence-electron chi connectivity index (χ3n) is 6.72. The third kappa shape index (κ3) is 3.64. The van der Waals surface area contributed by atoms with Crippen molar-refractivity contribution in [1.82, 2.24) is 9.88 Å². The highest BCUT2D eigenvalue weighted by Gasteiger charge is 2.36. The lowest BCUT2D eigenvalue weighted by Crippen LogP contribution is -2.58. The summed E-state index contributed by atoms with van der Waals surface area (Å²) in [6, 6.07) is 16.7. The van der Waals surface area contributed by atoms with Gasteiger partial charge in [-0.2, -0.15) is 5.26 Å². The van der Waals surface area contributed by atoms with Gasteiger partial charge in [-0.15, -0.1) is 0 Å². The number of methoxy groups -OCH3 is 1. The number of nitriles is 1. The van der Waals surface area contributed by atoms with E-state index in [0.717, 1.165) is 35.7 Å². The van der Waals surface area contributed by atoms with E-state index in [0.29, 0.717) is 12.0 Å². The van der Waals surface area contributed by atoms with Gasteiger partial charge in [0.05, 0.1) is 18.7 Å². The number of nitrogens with one attached hydrogen (secondary N) is 1. The lowest BCUT2D eigenvalue weighted by Gasteiger charge is -2.46. The first-order valence-corrected chi connectivity index (χ1v) is 10.8. The van der Waals surface area contributed by atoms with E-state index >= 15 is 0 Å². The number of fused-ring (bicyclic) bond motifs is 1. The Morgan fingerprint density at radius 3 is 2.60 bits per heavy atom. The minimum atomic E-state index is 0.271. The summed E-state index contributed by atoms with van der Waals surface area (Å²) in [6.07, 6.45) is 7.27. The van der Waals surface area contributed by atoms with Gasteiger partial charge in [-0.25, -0.2) is 0 Å². The van der Waals surface area contributed by atoms with Crippen LogP contribution in [0.3, 0.4) is 0 Å². The van der Waals surface area contributed by atoms with E-state index in [9.17, 15) is 5.26 Å². The second-order valence-corrected chi connectivity index (χ2v) is 8.49. The summed E-state index contributed by atoms with van der Waals surface area (Å²) in [7, 11) is 1.68. The van der Waals surface area contributed by atoms with Crippen LogP contribution in [0.2, 0.25) is 0 Å². The summed E-state index contributed by atoms with van der Waals surface area (Å²) in [5.74, 6) is 2.30. The number of likely N-dealkylation sites (tertiary alicyclic amines) is 1. The predicted octanol–water partition coefficient (Wildman–Crippen LogP) is 4.84. The van der Waals surface area contributed by atoms with E-state index in [1.165, 1.54) is 36.6 Å². The van der Waals surface area contributed by atoms with E-state index in [4.69, 9.17) is 9.47 Å². The molecule has 1 saturated heterocycles. The molecule has 1 aromatic heterocycles. The average Bonchev–Trinajstić information content (AvgIpc) is 3.19. The molecule has 0 spiro atoms. The molecule has 0 bridgehead atoms. The maximum atomic E-state index is 9.22. The summed E-state index contributed by atoms with van der Waals surface area (Å²) in [4.78, 5) is 5.96. The molecule has 0 atom stereocenters. The molecule has 1 aliphatic carbocycles. The van der Waals surface area contributed by atoms with Crippen molar-refractivity contribution < 1.29 is 9.47 Å². The number of hydrogen-bond donors (Lipinski definition) is 1. The molecule has 0 radical (unpaired) electrons. The van der Waals surface area contributed by atoms with Gasteiger partial charge in [-0.3, -0.25) is 4.90 Å². The minimum Gasteiger partial charge on any atom is -0.497 e. The lowest BCUT2D eigenvalue weighted by molar-refractivity contribution is -0.0202. The molecule has 5 heteroatoms. The van der Waals surface area contributed by atoms with Crippen molar-refractivity contribution in [2.45, 2.75) is 43.7 Å². The fourth-order valence-electron chi connectivity index (χ4n) is 5.01. The summed E-state index contributed by atoms with van der Waals surface area (Å²) < 4.78 is 11.4. The highest BCUT2D eigenvalue weighted by Crippen LogP contribution is 2.39. The monoisotopic (exact) mass is 401 g/mol. The molecule has 30 heavy (non-hydrogen) atoms. The van der Waals surface area contributed by atoms with E-state index in [2.05, 4.69) is 22.1 Å². The number of benzene rings is 2. The summed E-state index contributed by atoms with van der Waals surface area (Å²) in [5.41, 5.74) is 3.24. The first kappa shape index (κ1) is 19.0. The first-order valence-electron chi connectivity index (χ1n) is 10.8. The molecule has 1 saturated carbocycles. The van der Waals surface area contributed by atoms with Crippen molar-refractivity contribution in [3.63, 3.8) is 0 Å². The van der Waals surface area contributed by atoms with Crippen LogP contribution < -0.4 is 9.47 Å². The molecule has 2 aliphatic rings. The normalized spacial score (nSPS) is 22.4. The van der Waals surface area contributed by atoms with Gasteiger partial charge in [0.15, 0.2) is 0 Å². The van der Waals surface area contributed by atoms with Crippen LogP contribution in [0.25, 0.3) is 10.9 Å². The van der Waals surface area contributed by atoms with Crippen LogP contribution in [0.4, 0.5) is 0 Å². The molecule has 2 heterocycles. The van der Waals surface area contributed by atoms with Gasteiger partial charge in [0.1, 0.15) is 17.6 Å². The van der Waals surface area contributed by atoms with Gasteiger partial charge in [0, 0.05) is 42.3 Å². The summed E-state index contributed by atoms with van der Waals surface area (Å²) in [5, 5.41) is 10.4. The molecular formula is C25H27N3O2. The summed E-state index contributed by atoms with van der Waals surface area (Å²) >= 11 is 0. The third-order valence-corrected chi connectivity index (χ3v) is 6.72. The number of H-pyrrole nitrogens is 1. The van der Waals surface area contributed by atoms with Crippen LogP contribution in [-0.4, -0.2) is 42.2 Å². The standard InChI is InChI=1S/C25H27N3O2/c1-29-20-3-2-4-21(12-20)30-22-15-28(16-22)19-8-6-18(7-9-19)24-14-27-25-10-5-17(13-26)11-23(24)25/h2-5,10-12,14,18-19,22,27H,6-9,15-16H2,1H3. The van der Waals surface area contributed by atoms with E-state index in [-0.39, 0.29) is 6.10 Å². The molecule has 154 valence electrons. The van der Waals surface area contributed by atoms with Gasteiger partial charge in [-0.1, -0.05) is 6.07 Å². The van der Waals surface area contributed by atoms with Crippen LogP contribution >= 0.6 is 0 Å². The van der Waals surface area contributed by atoms with Crippen molar-refractivity contribution in [2.24, 2.45) is 0 Å². The van der Waals surface area contributed by atoms with Crippen LogP contribution in [-0.2, 0) is 0 Å². The van der Waals surface area contributed by atoms with Gasteiger partial charge >= 0.3 is 0 Å². The Balaban J connectivity index is 1.15. The molecule has 2 aromatic carbocycles. The molecule has 5 rings (SSSR count). The number of hydrogen-bond acceptors (Lipinski definition) is 4. The molecule has 3 aromatic rings. The quantitative estimate of drug-likeness (QED) is 0.665. The maximum Gasteiger partial charge on any atom is 0.124 e. The van der Waals surface area contributed by atoms with Crippen molar-refractivity contribution in [1.29, 1.82) is 5.26 Å². The lowest BCUT2D eigenvalue weighted by atomic mass is 9.80. The van der Waals surface area contributed by atoms with Crippen molar-refractivity contribution >= 4 is 10.9 Å². The zero-order valence-electron chi connectivity index (χ0n) is 17.3. The van der Waals surface area contributed by atoms with E-state index < -0.39 is 0 Å². The Morgan fingerprint density at radius 2 is 1.83 bits per heavy atom. The Labute approximate surface area is 177 Å². The number of rotatable bonds is 5. The van der Waals surface area contributed by atoms with Gasteiger partial charge in [0.25, 0.3) is 0 Å². The fourth-order valence-corrected chi connectivity index (χ4v) is 5.01. The van der Waals surface area contributed by atoms with Gasteiger partial charge < -0.3 is 14.5 Å². The molecule has 1 aliphatic heterocycles. The first-order chi connectivity index (χ1) is 14.7. The number of aromatic amines is 1. The zero-order valence-corrected chi connectivity index (χ0v) is 17.3. The molecule has 5 nitrogen and oxygen atoms in total. The SMILES string of the molecule is COc1cccc(OC2CN(C3CCC(c4c[nH]c5ccc(C#N)cc45)CC3)C2)c1. The van der Waals surface area contributed by atoms with Gasteiger partial charge in [-0.05, 0) is 67.5 Å². The highest BCUT2D eigenvalue weighted by molar-refractivity contribution is 5.85. The fraction of sp³-hybridized carbons (Fsp3) is 0.400. The average molecular weight is 402 g/mol. The van der Waals surface area contributed by atoms with Crippen LogP contribution in [0.1, 0.15) is 42.7 Å². The van der Waals surface area contributed by atoms with Crippen LogP contribution in [0.15, 0.2) is 48.7 Å². The molecule has 0 unspecified atom stereocenters. The van der Waals surface area contributed by atoms with Crippen LogP contribution in [0.5, 0.6) is 11.5 Å². The molecular weight excluding hydrogens is 374 g/mol. The Kier molecular flexibility index (Phi) is 5.10. The summed E-state index contributed by atoms with van der Waals surface area (Å²) in [6.45, 7) is 2.01. The molecule has 1 N–H and O–H groups in total. The topological polar surface area (TPSA) is 61.3 Å². The van der Waals surface area contributed by atoms with Crippen molar-refractivity contribution in [2.75, 3.05) is 20.2 Å². The number of aromatic nitrogens is 1. The van der Waals surface area contributed by atoms with Crippen molar-refractivity contribution in [3.05, 3.63) is 59.8 Å². The Morgan fingerprint density at radius 1 is 1.03 bits per heavy atom. The largest absolute Gasteiger partial charge is 0.497 e. The van der Waals surface area contributed by atoms with Crippen LogP contribution in [0, 0.1) is 11.3 Å². The Hall–Kier alpha value is -2.97. The molecule has 0 amide bonds. The van der Waals surface area contributed by atoms with Crippen molar-refractivity contribution in [3.8, 4) is 17.6 Å². The predicted molar refractivity (Wildman–Crippen MR) is 117 cm³/mol. The van der Waals surface area contributed by atoms with E-state index in [1.54, 1.807) is 7.11 Å². The van der Waals surface area contributed by atoms with E-state index in [1.807, 2.05) is 42.5 Å². The molecule has 2 fully saturated rings. The Bertz CT molecular complexity index is 1070. The number of nitrogens with zero attached hydrogens (tertiary/aromatic N) is 2. The minimum absolute atomic E-state index is 0.271. The zero-order chi connectivity index (χ0) is 20.5. The number of ether oxygens (including phenoxy) is 2. The maximum absolute atomic E-state index is 9.22. The van der Waals surface area contributed by atoms with Gasteiger partial charge in [0.2, 0.25) is 0 Å². The second-order valence-electron chi connectivity index (χ2n) is 8.49. The smallest absolute Gasteiger partial charge is 0.124 e.